The highest BCUT2D eigenvalue weighted by atomic mass is 79.9. The molecule has 0 spiro atoms. The minimum absolute atomic E-state index is 0.0118. The molecule has 0 radical (unpaired) electrons. The van der Waals surface area contributed by atoms with E-state index < -0.39 is 11.8 Å². The molecule has 0 aliphatic carbocycles. The van der Waals surface area contributed by atoms with E-state index in [2.05, 4.69) is 31.9 Å². The largest absolute Gasteiger partial charge is 0.398 e. The van der Waals surface area contributed by atoms with Gasteiger partial charge in [-0.05, 0) is 67.3 Å². The summed E-state index contributed by atoms with van der Waals surface area (Å²) in [5, 5.41) is 0.982. The van der Waals surface area contributed by atoms with Crippen LogP contribution in [-0.2, 0) is 4.79 Å². The van der Waals surface area contributed by atoms with Gasteiger partial charge in [0, 0.05) is 42.2 Å². The van der Waals surface area contributed by atoms with Crippen LogP contribution in [-0.4, -0.2) is 5.78 Å². The molecule has 2 unspecified atom stereocenters. The molecule has 128 valence electrons. The lowest BCUT2D eigenvalue weighted by atomic mass is 9.85. The van der Waals surface area contributed by atoms with E-state index >= 15 is 0 Å². The van der Waals surface area contributed by atoms with Crippen molar-refractivity contribution in [3.8, 4) is 0 Å². The highest BCUT2D eigenvalue weighted by Crippen LogP contribution is 2.37. The van der Waals surface area contributed by atoms with Crippen LogP contribution in [0.2, 0.25) is 10.0 Å². The number of nitrogens with two attached hydrogens (primary N) is 2. The van der Waals surface area contributed by atoms with Gasteiger partial charge >= 0.3 is 0 Å². The molecule has 0 amide bonds. The average Bonchev–Trinajstić information content (AvgIpc) is 2.52. The first kappa shape index (κ1) is 19.6. The molecule has 2 aromatic carbocycles. The molecule has 0 aromatic heterocycles. The van der Waals surface area contributed by atoms with Crippen molar-refractivity contribution >= 4 is 72.2 Å². The van der Waals surface area contributed by atoms with Crippen LogP contribution in [0.3, 0.4) is 0 Å². The number of carbonyl (C=O) groups excluding carboxylic acids is 1. The van der Waals surface area contributed by atoms with Gasteiger partial charge in [0.1, 0.15) is 5.78 Å². The van der Waals surface area contributed by atoms with Gasteiger partial charge in [-0.3, -0.25) is 4.79 Å². The molecular weight excluding hydrogens is 479 g/mol. The minimum atomic E-state index is -0.427. The molecule has 0 fully saturated rings. The van der Waals surface area contributed by atoms with E-state index in [1.807, 2.05) is 13.8 Å². The van der Waals surface area contributed by atoms with Gasteiger partial charge in [-0.15, -0.1) is 0 Å². The number of rotatable bonds is 4. The summed E-state index contributed by atoms with van der Waals surface area (Å²) in [7, 11) is 0. The zero-order chi connectivity index (χ0) is 18.2. The summed E-state index contributed by atoms with van der Waals surface area (Å²) in [6.45, 7) is 3.62. The van der Waals surface area contributed by atoms with Gasteiger partial charge in [0.15, 0.2) is 0 Å². The predicted octanol–water partition coefficient (Wildman–Crippen LogP) is 6.16. The first-order valence-corrected chi connectivity index (χ1v) is 9.50. The standard InChI is InChI=1S/C17H16Br2Cl2N2O/c1-7(9-3-15(22)11(18)5-13(9)20)17(24)8(2)10-4-16(23)12(19)6-14(10)21/h3-8H,22-23H2,1-2H3. The van der Waals surface area contributed by atoms with Gasteiger partial charge in [0.05, 0.1) is 0 Å². The van der Waals surface area contributed by atoms with Gasteiger partial charge in [-0.25, -0.2) is 0 Å². The van der Waals surface area contributed by atoms with E-state index in [4.69, 9.17) is 34.7 Å². The quantitative estimate of drug-likeness (QED) is 0.500. The Hall–Kier alpha value is -0.750. The van der Waals surface area contributed by atoms with E-state index in [9.17, 15) is 4.79 Å². The number of anilines is 2. The zero-order valence-corrected chi connectivity index (χ0v) is 17.7. The molecule has 3 nitrogen and oxygen atoms in total. The summed E-state index contributed by atoms with van der Waals surface area (Å²) < 4.78 is 1.40. The minimum Gasteiger partial charge on any atom is -0.398 e. The van der Waals surface area contributed by atoms with Crippen LogP contribution in [0.5, 0.6) is 0 Å². The summed E-state index contributed by atoms with van der Waals surface area (Å²) in [6, 6.07) is 6.84. The third kappa shape index (κ3) is 3.90. The predicted molar refractivity (Wildman–Crippen MR) is 109 cm³/mol. The lowest BCUT2D eigenvalue weighted by Gasteiger charge is -2.20. The molecule has 24 heavy (non-hydrogen) atoms. The molecular formula is C17H16Br2Cl2N2O. The van der Waals surface area contributed by atoms with E-state index in [0.29, 0.717) is 41.5 Å². The van der Waals surface area contributed by atoms with Gasteiger partial charge in [0.25, 0.3) is 0 Å². The van der Waals surface area contributed by atoms with Gasteiger partial charge in [-0.1, -0.05) is 37.0 Å². The third-order valence-electron chi connectivity index (χ3n) is 4.02. The Kier molecular flexibility index (Phi) is 6.24. The van der Waals surface area contributed by atoms with Crippen molar-refractivity contribution in [1.82, 2.24) is 0 Å². The SMILES string of the molecule is CC(C(=O)C(C)c1cc(N)c(Br)cc1Cl)c1cc(N)c(Br)cc1Cl. The Morgan fingerprint density at radius 2 is 1.21 bits per heavy atom. The molecule has 0 bridgehead atoms. The number of hydrogen-bond donors (Lipinski definition) is 2. The number of benzene rings is 2. The molecule has 0 saturated heterocycles. The molecule has 0 heterocycles. The number of nitrogen functional groups attached to an aromatic ring is 2. The zero-order valence-electron chi connectivity index (χ0n) is 13.0. The van der Waals surface area contributed by atoms with Crippen LogP contribution < -0.4 is 11.5 Å². The second kappa shape index (κ2) is 7.65. The van der Waals surface area contributed by atoms with E-state index in [1.165, 1.54) is 0 Å². The maximum Gasteiger partial charge on any atom is 0.147 e. The van der Waals surface area contributed by atoms with E-state index in [-0.39, 0.29) is 5.78 Å². The Morgan fingerprint density at radius 3 is 1.54 bits per heavy atom. The highest BCUT2D eigenvalue weighted by molar-refractivity contribution is 9.11. The van der Waals surface area contributed by atoms with Crippen molar-refractivity contribution in [3.63, 3.8) is 0 Å². The smallest absolute Gasteiger partial charge is 0.147 e. The van der Waals surface area contributed by atoms with Crippen LogP contribution in [0.4, 0.5) is 11.4 Å². The van der Waals surface area contributed by atoms with Crippen LogP contribution in [0.1, 0.15) is 36.8 Å². The monoisotopic (exact) mass is 492 g/mol. The Labute approximate surface area is 167 Å². The van der Waals surface area contributed by atoms with Crippen molar-refractivity contribution in [2.75, 3.05) is 11.5 Å². The van der Waals surface area contributed by atoms with Crippen LogP contribution in [0.15, 0.2) is 33.2 Å². The van der Waals surface area contributed by atoms with Gasteiger partial charge < -0.3 is 11.5 Å². The molecule has 2 rings (SSSR count). The van der Waals surface area contributed by atoms with Crippen LogP contribution >= 0.6 is 55.1 Å². The first-order chi connectivity index (χ1) is 11.1. The van der Waals surface area contributed by atoms with Gasteiger partial charge in [-0.2, -0.15) is 0 Å². The average molecular weight is 495 g/mol. The highest BCUT2D eigenvalue weighted by Gasteiger charge is 2.26. The number of Topliss-reactive ketones (excluding diaryl/α,β-unsaturated/α-hetero) is 1. The number of ketones is 1. The summed E-state index contributed by atoms with van der Waals surface area (Å²) in [5.41, 5.74) is 14.3. The summed E-state index contributed by atoms with van der Waals surface area (Å²) >= 11 is 19.2. The van der Waals surface area contributed by atoms with Crippen molar-refractivity contribution in [1.29, 1.82) is 0 Å². The summed E-state index contributed by atoms with van der Waals surface area (Å²) in [4.78, 5) is 12.9. The molecule has 4 N–H and O–H groups in total. The Bertz CT molecular complexity index is 746. The molecule has 0 aliphatic rings. The fourth-order valence-corrected chi connectivity index (χ4v) is 4.12. The summed E-state index contributed by atoms with van der Waals surface area (Å²) in [5.74, 6) is -0.866. The summed E-state index contributed by atoms with van der Waals surface area (Å²) in [6.07, 6.45) is 0. The lowest BCUT2D eigenvalue weighted by Crippen LogP contribution is -2.17. The molecule has 0 saturated carbocycles. The van der Waals surface area contributed by atoms with E-state index in [1.54, 1.807) is 24.3 Å². The fraction of sp³-hybridized carbons (Fsp3) is 0.235. The van der Waals surface area contributed by atoms with Crippen LogP contribution in [0.25, 0.3) is 0 Å². The number of hydrogen-bond acceptors (Lipinski definition) is 3. The third-order valence-corrected chi connectivity index (χ3v) is 6.05. The van der Waals surface area contributed by atoms with Crippen LogP contribution in [0, 0.1) is 0 Å². The Morgan fingerprint density at radius 1 is 0.875 bits per heavy atom. The maximum atomic E-state index is 12.9. The fourth-order valence-electron chi connectivity index (χ4n) is 2.51. The number of halogens is 4. The first-order valence-electron chi connectivity index (χ1n) is 7.16. The second-order valence-electron chi connectivity index (χ2n) is 5.64. The Balaban J connectivity index is 2.38. The number of carbonyl (C=O) groups is 1. The maximum absolute atomic E-state index is 12.9. The molecule has 2 atom stereocenters. The van der Waals surface area contributed by atoms with Crippen molar-refractivity contribution in [3.05, 3.63) is 54.4 Å². The topological polar surface area (TPSA) is 69.1 Å². The van der Waals surface area contributed by atoms with Crippen molar-refractivity contribution < 1.29 is 4.79 Å². The molecule has 7 heteroatoms. The van der Waals surface area contributed by atoms with Crippen molar-refractivity contribution in [2.24, 2.45) is 0 Å². The van der Waals surface area contributed by atoms with Crippen molar-refractivity contribution in [2.45, 2.75) is 25.7 Å². The van der Waals surface area contributed by atoms with E-state index in [0.717, 1.165) is 0 Å². The second-order valence-corrected chi connectivity index (χ2v) is 8.16. The van der Waals surface area contributed by atoms with Gasteiger partial charge in [0.2, 0.25) is 0 Å². The lowest BCUT2D eigenvalue weighted by molar-refractivity contribution is -0.121. The molecule has 2 aromatic rings. The normalized spacial score (nSPS) is 13.6. The molecule has 0 aliphatic heterocycles.